The number of nitrogens with two attached hydrogens (primary N) is 1. The van der Waals surface area contributed by atoms with E-state index in [0.29, 0.717) is 13.1 Å². The second-order valence-electron chi connectivity index (χ2n) is 5.36. The van der Waals surface area contributed by atoms with Gasteiger partial charge in [0.2, 0.25) is 15.9 Å². The maximum atomic E-state index is 11.5. The number of carbonyl (C=O) groups excluding carboxylic acids is 1. The number of benzene rings is 1. The van der Waals surface area contributed by atoms with Crippen molar-refractivity contribution in [3.8, 4) is 0 Å². The number of hydrogen-bond donors (Lipinski definition) is 3. The summed E-state index contributed by atoms with van der Waals surface area (Å²) in [6, 6.07) is 6.53. The van der Waals surface area contributed by atoms with Gasteiger partial charge in [0.15, 0.2) is 0 Å². The van der Waals surface area contributed by atoms with Crippen LogP contribution in [0.2, 0.25) is 0 Å². The summed E-state index contributed by atoms with van der Waals surface area (Å²) in [6.07, 6.45) is 1.99. The number of rotatable bonds is 7. The van der Waals surface area contributed by atoms with Gasteiger partial charge in [0.25, 0.3) is 0 Å². The largest absolute Gasteiger partial charge is 0.355 e. The zero-order valence-electron chi connectivity index (χ0n) is 12.0. The third-order valence-electron chi connectivity index (χ3n) is 3.51. The predicted molar refractivity (Wildman–Crippen MR) is 80.0 cm³/mol. The smallest absolute Gasteiger partial charge is 0.238 e. The fraction of sp³-hybridized carbons (Fsp3) is 0.500. The Morgan fingerprint density at radius 3 is 2.71 bits per heavy atom. The van der Waals surface area contributed by atoms with E-state index in [9.17, 15) is 13.2 Å². The second kappa shape index (κ2) is 6.55. The van der Waals surface area contributed by atoms with Crippen molar-refractivity contribution in [2.45, 2.75) is 30.7 Å². The van der Waals surface area contributed by atoms with Gasteiger partial charge in [-0.2, -0.15) is 0 Å². The minimum absolute atomic E-state index is 0.0236. The van der Waals surface area contributed by atoms with Gasteiger partial charge in [-0.25, -0.2) is 13.6 Å². The number of primary sulfonamides is 1. The molecule has 0 aliphatic heterocycles. The Kier molecular flexibility index (Phi) is 4.97. The van der Waals surface area contributed by atoms with Gasteiger partial charge in [-0.15, -0.1) is 0 Å². The Bertz CT molecular complexity index is 612. The van der Waals surface area contributed by atoms with E-state index in [2.05, 4.69) is 10.6 Å². The van der Waals surface area contributed by atoms with Crippen molar-refractivity contribution in [2.75, 3.05) is 13.1 Å². The van der Waals surface area contributed by atoms with Gasteiger partial charge in [0.05, 0.1) is 4.90 Å². The topological polar surface area (TPSA) is 101 Å². The lowest BCUT2D eigenvalue weighted by Crippen LogP contribution is -2.33. The fourth-order valence-electron chi connectivity index (χ4n) is 2.04. The molecule has 2 rings (SSSR count). The minimum Gasteiger partial charge on any atom is -0.355 e. The average Bonchev–Trinajstić information content (AvgIpc) is 3.27. The Labute approximate surface area is 125 Å². The maximum Gasteiger partial charge on any atom is 0.238 e. The molecule has 7 heteroatoms. The first-order chi connectivity index (χ1) is 9.88. The van der Waals surface area contributed by atoms with Crippen LogP contribution in [0, 0.1) is 5.92 Å². The molecule has 0 bridgehead atoms. The van der Waals surface area contributed by atoms with Gasteiger partial charge in [-0.05, 0) is 37.5 Å². The highest BCUT2D eigenvalue weighted by molar-refractivity contribution is 7.89. The first kappa shape index (κ1) is 15.9. The monoisotopic (exact) mass is 311 g/mol. The lowest BCUT2D eigenvalue weighted by atomic mass is 10.1. The zero-order valence-corrected chi connectivity index (χ0v) is 12.8. The van der Waals surface area contributed by atoms with Crippen molar-refractivity contribution in [1.82, 2.24) is 10.6 Å². The lowest BCUT2D eigenvalue weighted by Gasteiger charge is -2.15. The first-order valence-corrected chi connectivity index (χ1v) is 8.56. The molecule has 21 heavy (non-hydrogen) atoms. The van der Waals surface area contributed by atoms with Crippen molar-refractivity contribution in [3.63, 3.8) is 0 Å². The van der Waals surface area contributed by atoms with Gasteiger partial charge in [-0.3, -0.25) is 4.79 Å². The molecule has 1 unspecified atom stereocenters. The third-order valence-corrected chi connectivity index (χ3v) is 4.42. The molecule has 1 atom stereocenters. The molecule has 116 valence electrons. The highest BCUT2D eigenvalue weighted by atomic mass is 32.2. The Balaban J connectivity index is 1.82. The average molecular weight is 311 g/mol. The summed E-state index contributed by atoms with van der Waals surface area (Å²) in [5, 5.41) is 11.2. The fourth-order valence-corrected chi connectivity index (χ4v) is 2.61. The van der Waals surface area contributed by atoms with Crippen LogP contribution in [0.15, 0.2) is 29.2 Å². The Hall–Kier alpha value is -1.44. The van der Waals surface area contributed by atoms with Crippen LogP contribution in [0.1, 0.15) is 31.4 Å². The molecular formula is C14H21N3O3S. The highest BCUT2D eigenvalue weighted by Crippen LogP contribution is 2.28. The summed E-state index contributed by atoms with van der Waals surface area (Å²) < 4.78 is 22.6. The van der Waals surface area contributed by atoms with Gasteiger partial charge in [0.1, 0.15) is 0 Å². The van der Waals surface area contributed by atoms with E-state index >= 15 is 0 Å². The van der Waals surface area contributed by atoms with Crippen molar-refractivity contribution in [2.24, 2.45) is 11.1 Å². The van der Waals surface area contributed by atoms with Crippen LogP contribution in [0.25, 0.3) is 0 Å². The van der Waals surface area contributed by atoms with Crippen molar-refractivity contribution in [1.29, 1.82) is 0 Å². The summed E-state index contributed by atoms with van der Waals surface area (Å²) in [7, 11) is -3.68. The number of sulfonamides is 1. The van der Waals surface area contributed by atoms with Crippen LogP contribution in [0.5, 0.6) is 0 Å². The molecular weight excluding hydrogens is 290 g/mol. The Morgan fingerprint density at radius 1 is 1.38 bits per heavy atom. The van der Waals surface area contributed by atoms with Crippen molar-refractivity contribution < 1.29 is 13.2 Å². The van der Waals surface area contributed by atoms with Crippen LogP contribution in [0.3, 0.4) is 0 Å². The third kappa shape index (κ3) is 4.80. The zero-order chi connectivity index (χ0) is 15.5. The van der Waals surface area contributed by atoms with Crippen LogP contribution >= 0.6 is 0 Å². The molecule has 1 saturated carbocycles. The summed E-state index contributed by atoms with van der Waals surface area (Å²) in [5.41, 5.74) is 0.843. The molecule has 0 heterocycles. The normalized spacial score (nSPS) is 16.5. The minimum atomic E-state index is -3.68. The van der Waals surface area contributed by atoms with E-state index < -0.39 is 10.0 Å². The lowest BCUT2D eigenvalue weighted by molar-refractivity contribution is -0.122. The van der Waals surface area contributed by atoms with E-state index in [0.717, 1.165) is 18.4 Å². The Morgan fingerprint density at radius 2 is 2.10 bits per heavy atom. The molecule has 0 spiro atoms. The summed E-state index contributed by atoms with van der Waals surface area (Å²) in [5.74, 6) is 0.342. The molecule has 1 aliphatic rings. The quantitative estimate of drug-likeness (QED) is 0.639. The first-order valence-electron chi connectivity index (χ1n) is 7.02. The molecule has 6 nitrogen and oxygen atoms in total. The number of carbonyl (C=O) groups is 1. The van der Waals surface area contributed by atoms with Crippen molar-refractivity contribution >= 4 is 15.9 Å². The SMILES string of the molecule is CC(NCCNC(=O)C1CC1)c1cccc(S(N)(=O)=O)c1. The molecule has 1 aliphatic carbocycles. The van der Waals surface area contributed by atoms with Crippen LogP contribution in [-0.2, 0) is 14.8 Å². The van der Waals surface area contributed by atoms with Crippen LogP contribution in [0.4, 0.5) is 0 Å². The second-order valence-corrected chi connectivity index (χ2v) is 6.92. The van der Waals surface area contributed by atoms with E-state index in [1.807, 2.05) is 13.0 Å². The van der Waals surface area contributed by atoms with E-state index in [4.69, 9.17) is 5.14 Å². The van der Waals surface area contributed by atoms with Gasteiger partial charge >= 0.3 is 0 Å². The highest BCUT2D eigenvalue weighted by Gasteiger charge is 2.28. The van der Waals surface area contributed by atoms with Crippen LogP contribution < -0.4 is 15.8 Å². The number of nitrogens with one attached hydrogen (secondary N) is 2. The van der Waals surface area contributed by atoms with Crippen molar-refractivity contribution in [3.05, 3.63) is 29.8 Å². The molecule has 0 radical (unpaired) electrons. The van der Waals surface area contributed by atoms with E-state index in [-0.39, 0.29) is 22.8 Å². The molecule has 4 N–H and O–H groups in total. The van der Waals surface area contributed by atoms with E-state index in [1.54, 1.807) is 12.1 Å². The van der Waals surface area contributed by atoms with Crippen LogP contribution in [-0.4, -0.2) is 27.4 Å². The predicted octanol–water partition coefficient (Wildman–Crippen LogP) is 0.511. The van der Waals surface area contributed by atoms with Gasteiger partial charge in [-0.1, -0.05) is 12.1 Å². The van der Waals surface area contributed by atoms with Gasteiger partial charge in [0, 0.05) is 25.0 Å². The summed E-state index contributed by atoms with van der Waals surface area (Å²) >= 11 is 0. The van der Waals surface area contributed by atoms with Gasteiger partial charge < -0.3 is 10.6 Å². The molecule has 1 fully saturated rings. The molecule has 0 aromatic heterocycles. The number of hydrogen-bond acceptors (Lipinski definition) is 4. The van der Waals surface area contributed by atoms with E-state index in [1.165, 1.54) is 6.07 Å². The molecule has 0 saturated heterocycles. The molecule has 1 aromatic rings. The number of amides is 1. The maximum absolute atomic E-state index is 11.5. The standard InChI is InChI=1S/C14H21N3O3S/c1-10(16-7-8-17-14(18)11-5-6-11)12-3-2-4-13(9-12)21(15,19)20/h2-4,9-11,16H,5-8H2,1H3,(H,17,18)(H2,15,19,20). The summed E-state index contributed by atoms with van der Waals surface area (Å²) in [4.78, 5) is 11.6. The molecule has 1 aromatic carbocycles. The molecule has 1 amide bonds. The summed E-state index contributed by atoms with van der Waals surface area (Å²) in [6.45, 7) is 3.12.